The van der Waals surface area contributed by atoms with Crippen LogP contribution in [0.4, 0.5) is 0 Å². The van der Waals surface area contributed by atoms with Gasteiger partial charge in [-0.3, -0.25) is 0 Å². The molecule has 1 nitrogen and oxygen atoms in total. The quantitative estimate of drug-likeness (QED) is 0.696. The second-order valence-corrected chi connectivity index (χ2v) is 5.69. The summed E-state index contributed by atoms with van der Waals surface area (Å²) in [5.41, 5.74) is 0.441. The molecule has 2 aliphatic rings. The summed E-state index contributed by atoms with van der Waals surface area (Å²) in [6, 6.07) is 0. The zero-order valence-electron chi connectivity index (χ0n) is 8.92. The second-order valence-electron chi connectivity index (χ2n) is 5.69. The topological polar surface area (TPSA) is 20.2 Å². The maximum atomic E-state index is 10.1. The molecule has 0 amide bonds. The predicted octanol–water partition coefficient (Wildman–Crippen LogP) is 2.97. The van der Waals surface area contributed by atoms with Gasteiger partial charge in [-0.1, -0.05) is 33.1 Å². The third-order valence-corrected chi connectivity index (χ3v) is 4.13. The summed E-state index contributed by atoms with van der Waals surface area (Å²) in [6.07, 6.45) is 7.86. The average Bonchev–Trinajstić information content (AvgIpc) is 2.76. The van der Waals surface area contributed by atoms with Crippen LogP contribution in [0.2, 0.25) is 0 Å². The van der Waals surface area contributed by atoms with Crippen molar-refractivity contribution in [2.45, 2.75) is 58.5 Å². The molecule has 2 aliphatic carbocycles. The minimum atomic E-state index is 0.00954. The van der Waals surface area contributed by atoms with Crippen LogP contribution in [0.1, 0.15) is 52.4 Å². The maximum Gasteiger partial charge on any atom is 0.0601 e. The molecular weight excluding hydrogens is 160 g/mol. The number of hydrogen-bond acceptors (Lipinski definition) is 1. The average molecular weight is 182 g/mol. The third kappa shape index (κ3) is 1.90. The standard InChI is InChI=1S/C12H22O/c1-12(2)8-10(12)11(13)9-6-4-3-5-7-9/h9-11,13H,3-8H2,1-2H3/t10-,11+/m0/s1. The Balaban J connectivity index is 1.86. The smallest absolute Gasteiger partial charge is 0.0601 e. The predicted molar refractivity (Wildman–Crippen MR) is 54.5 cm³/mol. The molecule has 0 aliphatic heterocycles. The lowest BCUT2D eigenvalue weighted by molar-refractivity contribution is 0.0557. The highest BCUT2D eigenvalue weighted by atomic mass is 16.3. The van der Waals surface area contributed by atoms with Gasteiger partial charge in [0.05, 0.1) is 6.10 Å². The van der Waals surface area contributed by atoms with Crippen LogP contribution < -0.4 is 0 Å². The molecule has 0 aromatic carbocycles. The molecule has 76 valence electrons. The summed E-state index contributed by atoms with van der Waals surface area (Å²) in [5, 5.41) is 10.1. The molecule has 2 saturated carbocycles. The summed E-state index contributed by atoms with van der Waals surface area (Å²) in [7, 11) is 0. The van der Waals surface area contributed by atoms with Gasteiger partial charge in [0.25, 0.3) is 0 Å². The lowest BCUT2D eigenvalue weighted by atomic mass is 9.82. The Bertz CT molecular complexity index is 180. The Labute approximate surface area is 81.5 Å². The van der Waals surface area contributed by atoms with Crippen molar-refractivity contribution in [3.8, 4) is 0 Å². The maximum absolute atomic E-state index is 10.1. The van der Waals surface area contributed by atoms with E-state index in [1.54, 1.807) is 0 Å². The minimum absolute atomic E-state index is 0.00954. The highest BCUT2D eigenvalue weighted by Crippen LogP contribution is 2.55. The fourth-order valence-electron chi connectivity index (χ4n) is 2.90. The molecule has 0 heterocycles. The van der Waals surface area contributed by atoms with Gasteiger partial charge in [0.2, 0.25) is 0 Å². The Morgan fingerprint density at radius 2 is 1.69 bits per heavy atom. The molecule has 0 radical (unpaired) electrons. The van der Waals surface area contributed by atoms with Gasteiger partial charge in [-0.15, -0.1) is 0 Å². The fourth-order valence-corrected chi connectivity index (χ4v) is 2.90. The van der Waals surface area contributed by atoms with Crippen LogP contribution in [0.25, 0.3) is 0 Å². The first kappa shape index (κ1) is 9.51. The van der Waals surface area contributed by atoms with Crippen LogP contribution in [0, 0.1) is 17.3 Å². The van der Waals surface area contributed by atoms with Gasteiger partial charge in [0.1, 0.15) is 0 Å². The van der Waals surface area contributed by atoms with Gasteiger partial charge in [-0.25, -0.2) is 0 Å². The first-order valence-corrected chi connectivity index (χ1v) is 5.79. The number of aliphatic hydroxyl groups is 1. The highest BCUT2D eigenvalue weighted by Gasteiger charge is 2.51. The van der Waals surface area contributed by atoms with Gasteiger partial charge >= 0.3 is 0 Å². The van der Waals surface area contributed by atoms with Crippen molar-refractivity contribution >= 4 is 0 Å². The molecule has 2 atom stereocenters. The largest absolute Gasteiger partial charge is 0.393 e. The van der Waals surface area contributed by atoms with E-state index in [0.717, 1.165) is 0 Å². The Morgan fingerprint density at radius 1 is 1.15 bits per heavy atom. The molecule has 13 heavy (non-hydrogen) atoms. The van der Waals surface area contributed by atoms with E-state index in [2.05, 4.69) is 13.8 Å². The van der Waals surface area contributed by atoms with Crippen LogP contribution >= 0.6 is 0 Å². The van der Waals surface area contributed by atoms with Gasteiger partial charge in [-0.05, 0) is 36.5 Å². The van der Waals surface area contributed by atoms with Crippen molar-refractivity contribution in [2.75, 3.05) is 0 Å². The molecule has 0 aromatic rings. The molecule has 1 heteroatoms. The number of rotatable bonds is 2. The Morgan fingerprint density at radius 3 is 2.15 bits per heavy atom. The highest BCUT2D eigenvalue weighted by molar-refractivity contribution is 5.01. The SMILES string of the molecule is CC1(C)C[C@H]1[C@H](O)C1CCCCC1. The molecule has 0 unspecified atom stereocenters. The fraction of sp³-hybridized carbons (Fsp3) is 1.00. The first-order valence-electron chi connectivity index (χ1n) is 5.79. The summed E-state index contributed by atoms with van der Waals surface area (Å²) in [6.45, 7) is 4.56. The van der Waals surface area contributed by atoms with E-state index in [4.69, 9.17) is 0 Å². The summed E-state index contributed by atoms with van der Waals surface area (Å²) >= 11 is 0. The van der Waals surface area contributed by atoms with Crippen LogP contribution in [0.15, 0.2) is 0 Å². The Kier molecular flexibility index (Phi) is 2.39. The molecule has 2 rings (SSSR count). The van der Waals surface area contributed by atoms with Crippen LogP contribution in [-0.2, 0) is 0 Å². The number of aliphatic hydroxyl groups excluding tert-OH is 1. The summed E-state index contributed by atoms with van der Waals surface area (Å²) < 4.78 is 0. The molecule has 0 spiro atoms. The normalized spacial score (nSPS) is 35.8. The summed E-state index contributed by atoms with van der Waals surface area (Å²) in [5.74, 6) is 1.23. The molecule has 0 saturated heterocycles. The monoisotopic (exact) mass is 182 g/mol. The van der Waals surface area contributed by atoms with E-state index < -0.39 is 0 Å². The van der Waals surface area contributed by atoms with E-state index in [1.807, 2.05) is 0 Å². The molecule has 2 fully saturated rings. The lowest BCUT2D eigenvalue weighted by Crippen LogP contribution is -2.26. The van der Waals surface area contributed by atoms with Crippen molar-refractivity contribution in [1.82, 2.24) is 0 Å². The van der Waals surface area contributed by atoms with E-state index >= 15 is 0 Å². The molecule has 0 aromatic heterocycles. The number of hydrogen-bond donors (Lipinski definition) is 1. The van der Waals surface area contributed by atoms with E-state index in [1.165, 1.54) is 38.5 Å². The van der Waals surface area contributed by atoms with E-state index in [-0.39, 0.29) is 6.10 Å². The Hall–Kier alpha value is -0.0400. The van der Waals surface area contributed by atoms with Gasteiger partial charge in [-0.2, -0.15) is 0 Å². The van der Waals surface area contributed by atoms with Gasteiger partial charge in [0.15, 0.2) is 0 Å². The van der Waals surface area contributed by atoms with Crippen LogP contribution in [-0.4, -0.2) is 11.2 Å². The minimum Gasteiger partial charge on any atom is -0.393 e. The van der Waals surface area contributed by atoms with Crippen molar-refractivity contribution in [3.05, 3.63) is 0 Å². The van der Waals surface area contributed by atoms with E-state index in [9.17, 15) is 5.11 Å². The van der Waals surface area contributed by atoms with Crippen molar-refractivity contribution in [3.63, 3.8) is 0 Å². The zero-order chi connectivity index (χ0) is 9.47. The molecular formula is C12H22O. The third-order valence-electron chi connectivity index (χ3n) is 4.13. The van der Waals surface area contributed by atoms with Crippen molar-refractivity contribution in [2.24, 2.45) is 17.3 Å². The van der Waals surface area contributed by atoms with Crippen LogP contribution in [0.3, 0.4) is 0 Å². The molecule has 1 N–H and O–H groups in total. The lowest BCUT2D eigenvalue weighted by Gasteiger charge is -2.27. The van der Waals surface area contributed by atoms with Gasteiger partial charge < -0.3 is 5.11 Å². The van der Waals surface area contributed by atoms with Crippen molar-refractivity contribution in [1.29, 1.82) is 0 Å². The first-order chi connectivity index (χ1) is 6.11. The zero-order valence-corrected chi connectivity index (χ0v) is 8.92. The second kappa shape index (κ2) is 3.27. The molecule has 0 bridgehead atoms. The van der Waals surface area contributed by atoms with E-state index in [0.29, 0.717) is 17.3 Å². The van der Waals surface area contributed by atoms with Gasteiger partial charge in [0, 0.05) is 0 Å². The van der Waals surface area contributed by atoms with Crippen LogP contribution in [0.5, 0.6) is 0 Å². The summed E-state index contributed by atoms with van der Waals surface area (Å²) in [4.78, 5) is 0. The van der Waals surface area contributed by atoms with Crippen molar-refractivity contribution < 1.29 is 5.11 Å².